The predicted molar refractivity (Wildman–Crippen MR) is 115 cm³/mol. The van der Waals surface area contributed by atoms with E-state index in [9.17, 15) is 4.79 Å². The lowest BCUT2D eigenvalue weighted by Crippen LogP contribution is -2.24. The highest BCUT2D eigenvalue weighted by Gasteiger charge is 2.23. The fourth-order valence-corrected chi connectivity index (χ4v) is 2.88. The minimum Gasteiger partial charge on any atom is -0.455 e. The lowest BCUT2D eigenvalue weighted by atomic mass is 9.80. The van der Waals surface area contributed by atoms with Gasteiger partial charge in [0.1, 0.15) is 5.75 Å². The number of hydrogen-bond donors (Lipinski definition) is 1. The molecule has 3 rings (SSSR count). The lowest BCUT2D eigenvalue weighted by Gasteiger charge is -2.26. The summed E-state index contributed by atoms with van der Waals surface area (Å²) in [5.41, 5.74) is 1.48. The molecule has 1 heterocycles. The van der Waals surface area contributed by atoms with E-state index in [1.165, 1.54) is 0 Å². The van der Waals surface area contributed by atoms with E-state index in [4.69, 9.17) is 16.3 Å². The number of ether oxygens (including phenoxy) is 1. The van der Waals surface area contributed by atoms with Crippen LogP contribution in [0, 0.1) is 11.3 Å². The van der Waals surface area contributed by atoms with Gasteiger partial charge < -0.3 is 10.1 Å². The van der Waals surface area contributed by atoms with Crippen LogP contribution < -0.4 is 10.1 Å². The van der Waals surface area contributed by atoms with Gasteiger partial charge in [-0.2, -0.15) is 0 Å². The summed E-state index contributed by atoms with van der Waals surface area (Å²) in [7, 11) is 0. The standard InChI is InChI=1S/C23H25ClN2O2/c1-15(23(2,3)4)14-21(27)26-22-18-6-5-13-25-19(18)11-12-20(22)28-17-9-7-16(24)8-10-17/h5-13,15H,14H2,1-4H3,(H,26,27). The van der Waals surface area contributed by atoms with Crippen molar-refractivity contribution in [2.24, 2.45) is 11.3 Å². The maximum atomic E-state index is 12.8. The first kappa shape index (κ1) is 20.2. The Balaban J connectivity index is 1.93. The number of nitrogens with zero attached hydrogens (tertiary/aromatic N) is 1. The minimum atomic E-state index is -0.0419. The molecule has 1 unspecified atom stereocenters. The molecule has 146 valence electrons. The number of carbonyl (C=O) groups excluding carboxylic acids is 1. The van der Waals surface area contributed by atoms with Crippen molar-refractivity contribution in [3.8, 4) is 11.5 Å². The molecule has 1 amide bonds. The van der Waals surface area contributed by atoms with Crippen molar-refractivity contribution in [2.45, 2.75) is 34.1 Å². The van der Waals surface area contributed by atoms with Gasteiger partial charge in [0, 0.05) is 23.0 Å². The maximum Gasteiger partial charge on any atom is 0.224 e. The number of nitrogens with one attached hydrogen (secondary N) is 1. The molecule has 0 aliphatic rings. The van der Waals surface area contributed by atoms with E-state index in [1.807, 2.05) is 24.3 Å². The molecule has 4 nitrogen and oxygen atoms in total. The van der Waals surface area contributed by atoms with E-state index in [0.29, 0.717) is 28.6 Å². The van der Waals surface area contributed by atoms with Crippen LogP contribution in [-0.2, 0) is 4.79 Å². The number of pyridine rings is 1. The van der Waals surface area contributed by atoms with Crippen LogP contribution in [0.1, 0.15) is 34.1 Å². The van der Waals surface area contributed by atoms with Crippen LogP contribution in [-0.4, -0.2) is 10.9 Å². The predicted octanol–water partition coefficient (Wildman–Crippen LogP) is 6.69. The van der Waals surface area contributed by atoms with Crippen molar-refractivity contribution in [1.29, 1.82) is 0 Å². The largest absolute Gasteiger partial charge is 0.455 e. The number of benzene rings is 2. The van der Waals surface area contributed by atoms with Gasteiger partial charge in [0.15, 0.2) is 5.75 Å². The Morgan fingerprint density at radius 2 is 1.86 bits per heavy atom. The lowest BCUT2D eigenvalue weighted by molar-refractivity contribution is -0.117. The highest BCUT2D eigenvalue weighted by molar-refractivity contribution is 6.30. The number of halogens is 1. The Hall–Kier alpha value is -2.59. The number of amides is 1. The average molecular weight is 397 g/mol. The van der Waals surface area contributed by atoms with E-state index in [0.717, 1.165) is 10.9 Å². The third kappa shape index (κ3) is 4.82. The van der Waals surface area contributed by atoms with Crippen LogP contribution in [0.15, 0.2) is 54.7 Å². The molecule has 1 N–H and O–H groups in total. The van der Waals surface area contributed by atoms with Crippen molar-refractivity contribution in [2.75, 3.05) is 5.32 Å². The summed E-state index contributed by atoms with van der Waals surface area (Å²) >= 11 is 5.96. The van der Waals surface area contributed by atoms with Crippen molar-refractivity contribution in [1.82, 2.24) is 4.98 Å². The second kappa shape index (κ2) is 8.19. The Morgan fingerprint density at radius 3 is 2.54 bits per heavy atom. The first-order valence-corrected chi connectivity index (χ1v) is 9.73. The molecule has 1 atom stereocenters. The fourth-order valence-electron chi connectivity index (χ4n) is 2.75. The molecule has 0 aliphatic heterocycles. The van der Waals surface area contributed by atoms with Crippen LogP contribution >= 0.6 is 11.6 Å². The number of hydrogen-bond acceptors (Lipinski definition) is 3. The van der Waals surface area contributed by atoms with Gasteiger partial charge in [-0.25, -0.2) is 0 Å². The third-order valence-corrected chi connectivity index (χ3v) is 5.27. The summed E-state index contributed by atoms with van der Waals surface area (Å²) in [5.74, 6) is 1.41. The van der Waals surface area contributed by atoms with Gasteiger partial charge in [-0.15, -0.1) is 0 Å². The van der Waals surface area contributed by atoms with Gasteiger partial charge in [0.25, 0.3) is 0 Å². The van der Waals surface area contributed by atoms with Crippen molar-refractivity contribution in [3.63, 3.8) is 0 Å². The van der Waals surface area contributed by atoms with Crippen LogP contribution in [0.4, 0.5) is 5.69 Å². The molecule has 5 heteroatoms. The van der Waals surface area contributed by atoms with E-state index in [2.05, 4.69) is 38.0 Å². The first-order valence-electron chi connectivity index (χ1n) is 9.35. The molecule has 0 fully saturated rings. The summed E-state index contributed by atoms with van der Waals surface area (Å²) in [6, 6.07) is 14.6. The summed E-state index contributed by atoms with van der Waals surface area (Å²) in [5, 5.41) is 4.54. The molecule has 0 radical (unpaired) electrons. The molecular formula is C23H25ClN2O2. The molecular weight excluding hydrogens is 372 g/mol. The molecule has 2 aromatic carbocycles. The Morgan fingerprint density at radius 1 is 1.14 bits per heavy atom. The second-order valence-electron chi connectivity index (χ2n) is 8.08. The van der Waals surface area contributed by atoms with Crippen LogP contribution in [0.2, 0.25) is 5.02 Å². The average Bonchev–Trinajstić information content (AvgIpc) is 2.64. The van der Waals surface area contributed by atoms with Gasteiger partial charge in [-0.3, -0.25) is 9.78 Å². The molecule has 0 spiro atoms. The number of anilines is 1. The van der Waals surface area contributed by atoms with Crippen molar-refractivity contribution < 1.29 is 9.53 Å². The van der Waals surface area contributed by atoms with Crippen molar-refractivity contribution >= 4 is 34.1 Å². The van der Waals surface area contributed by atoms with E-state index in [-0.39, 0.29) is 17.2 Å². The quantitative estimate of drug-likeness (QED) is 0.522. The Bertz CT molecular complexity index is 978. The van der Waals surface area contributed by atoms with Crippen LogP contribution in [0.25, 0.3) is 10.9 Å². The topological polar surface area (TPSA) is 51.2 Å². The maximum absolute atomic E-state index is 12.8. The van der Waals surface area contributed by atoms with Gasteiger partial charge in [-0.05, 0) is 59.9 Å². The summed E-state index contributed by atoms with van der Waals surface area (Å²) in [6.07, 6.45) is 2.16. The molecule has 0 saturated carbocycles. The first-order chi connectivity index (χ1) is 13.2. The molecule has 0 bridgehead atoms. The summed E-state index contributed by atoms with van der Waals surface area (Å²) in [4.78, 5) is 17.1. The van der Waals surface area contributed by atoms with Crippen LogP contribution in [0.5, 0.6) is 11.5 Å². The van der Waals surface area contributed by atoms with Gasteiger partial charge in [0.2, 0.25) is 5.91 Å². The Kier molecular flexibility index (Phi) is 5.90. The van der Waals surface area contributed by atoms with Gasteiger partial charge in [-0.1, -0.05) is 39.3 Å². The molecule has 1 aromatic heterocycles. The monoisotopic (exact) mass is 396 g/mol. The van der Waals surface area contributed by atoms with E-state index >= 15 is 0 Å². The normalized spacial score (nSPS) is 12.6. The summed E-state index contributed by atoms with van der Waals surface area (Å²) < 4.78 is 6.04. The van der Waals surface area contributed by atoms with E-state index in [1.54, 1.807) is 30.5 Å². The number of rotatable bonds is 5. The number of fused-ring (bicyclic) bond motifs is 1. The zero-order chi connectivity index (χ0) is 20.3. The Labute approximate surface area is 170 Å². The molecule has 28 heavy (non-hydrogen) atoms. The SMILES string of the molecule is CC(CC(=O)Nc1c(Oc2ccc(Cl)cc2)ccc2ncccc12)C(C)(C)C. The smallest absolute Gasteiger partial charge is 0.224 e. The zero-order valence-electron chi connectivity index (χ0n) is 16.6. The van der Waals surface area contributed by atoms with Crippen LogP contribution in [0.3, 0.4) is 0 Å². The molecule has 3 aromatic rings. The highest BCUT2D eigenvalue weighted by atomic mass is 35.5. The molecule has 0 aliphatic carbocycles. The number of carbonyl (C=O) groups is 1. The summed E-state index contributed by atoms with van der Waals surface area (Å²) in [6.45, 7) is 8.51. The number of aromatic nitrogens is 1. The fraction of sp³-hybridized carbons (Fsp3) is 0.304. The third-order valence-electron chi connectivity index (χ3n) is 5.02. The second-order valence-corrected chi connectivity index (χ2v) is 8.52. The van der Waals surface area contributed by atoms with Crippen molar-refractivity contribution in [3.05, 3.63) is 59.8 Å². The zero-order valence-corrected chi connectivity index (χ0v) is 17.4. The van der Waals surface area contributed by atoms with Gasteiger partial charge in [0.05, 0.1) is 11.2 Å². The van der Waals surface area contributed by atoms with E-state index < -0.39 is 0 Å². The molecule has 0 saturated heterocycles. The minimum absolute atomic E-state index is 0.0419. The van der Waals surface area contributed by atoms with Gasteiger partial charge >= 0.3 is 0 Å². The highest BCUT2D eigenvalue weighted by Crippen LogP contribution is 2.36.